The predicted octanol–water partition coefficient (Wildman–Crippen LogP) is 1.69. The molecule has 0 saturated carbocycles. The minimum atomic E-state index is -0.227. The van der Waals surface area contributed by atoms with Crippen molar-refractivity contribution in [3.8, 4) is 0 Å². The second kappa shape index (κ2) is 6.54. The molecular weight excluding hydrogens is 458 g/mol. The average molecular weight is 470 g/mol. The maximum Gasteiger partial charge on any atom is 0.248 e. The molecule has 1 N–H and O–H groups in total. The van der Waals surface area contributed by atoms with E-state index in [1.807, 2.05) is 13.0 Å². The number of hydrogen-bond acceptors (Lipinski definition) is 5. The van der Waals surface area contributed by atoms with Crippen molar-refractivity contribution in [1.82, 2.24) is 20.2 Å². The Labute approximate surface area is 140 Å². The molecule has 1 aromatic heterocycles. The Morgan fingerprint density at radius 2 is 2.33 bits per heavy atom. The van der Waals surface area contributed by atoms with Gasteiger partial charge >= 0.3 is 0 Å². The number of fused-ring (bicyclic) bond motifs is 1. The van der Waals surface area contributed by atoms with Gasteiger partial charge in [-0.2, -0.15) is 11.8 Å². The van der Waals surface area contributed by atoms with Gasteiger partial charge in [0.25, 0.3) is 0 Å². The first kappa shape index (κ1) is 15.9. The van der Waals surface area contributed by atoms with E-state index in [2.05, 4.69) is 33.0 Å². The number of carbonyl (C=O) groups is 1. The molecule has 1 amide bonds. The molecule has 0 atom stereocenters. The van der Waals surface area contributed by atoms with Crippen molar-refractivity contribution in [2.45, 2.75) is 11.8 Å². The van der Waals surface area contributed by atoms with Crippen molar-refractivity contribution >= 4 is 29.7 Å². The normalized spacial score (nSPS) is 12.5. The number of amides is 1. The van der Waals surface area contributed by atoms with Crippen LogP contribution in [0, 0.1) is 13.0 Å². The predicted molar refractivity (Wildman–Crippen MR) is 76.5 cm³/mol. The van der Waals surface area contributed by atoms with Gasteiger partial charge in [0.05, 0.1) is 0 Å². The minimum Gasteiger partial charge on any atom is -0.297 e. The van der Waals surface area contributed by atoms with Crippen molar-refractivity contribution in [1.29, 1.82) is 0 Å². The summed E-state index contributed by atoms with van der Waals surface area (Å²) < 4.78 is 1.41. The van der Waals surface area contributed by atoms with Gasteiger partial charge in [-0.3, -0.25) is 10.1 Å². The van der Waals surface area contributed by atoms with Crippen LogP contribution >= 0.6 is 11.8 Å². The summed E-state index contributed by atoms with van der Waals surface area (Å²) in [5.74, 6) is 1.01. The Hall–Kier alpha value is -1.46. The van der Waals surface area contributed by atoms with Crippen LogP contribution in [0.2, 0.25) is 0 Å². The number of hydrogen-bond donors (Lipinski definition) is 1. The number of benzene rings is 1. The fourth-order valence-electron chi connectivity index (χ4n) is 2.00. The van der Waals surface area contributed by atoms with E-state index in [0.717, 1.165) is 21.8 Å². The molecule has 3 rings (SSSR count). The summed E-state index contributed by atoms with van der Waals surface area (Å²) in [6, 6.07) is 4.86. The molecule has 2 aromatic rings. The fourth-order valence-corrected chi connectivity index (χ4v) is 2.96. The maximum atomic E-state index is 12.3. The second-order valence-corrected chi connectivity index (χ2v) is 5.39. The number of aryl methyl sites for hydroxylation is 1. The zero-order valence-electron chi connectivity index (χ0n) is 11.5. The fraction of sp³-hybridized carbons (Fsp3) is 0.231. The molecule has 1 aromatic carbocycles. The van der Waals surface area contributed by atoms with Crippen LogP contribution in [-0.4, -0.2) is 31.9 Å². The Morgan fingerprint density at radius 1 is 1.52 bits per heavy atom. The summed E-state index contributed by atoms with van der Waals surface area (Å²) in [6.45, 7) is 1.95. The third kappa shape index (κ3) is 3.09. The number of thioether (sulfide) groups is 1. The molecular formula is C13H12N5OSW-. The van der Waals surface area contributed by atoms with Gasteiger partial charge in [-0.25, -0.2) is 4.68 Å². The van der Waals surface area contributed by atoms with E-state index in [1.165, 1.54) is 4.68 Å². The van der Waals surface area contributed by atoms with E-state index in [9.17, 15) is 4.79 Å². The Morgan fingerprint density at radius 3 is 3.05 bits per heavy atom. The van der Waals surface area contributed by atoms with Gasteiger partial charge < -0.3 is 0 Å². The largest absolute Gasteiger partial charge is 0.297 e. The number of nitrogens with one attached hydrogen (secondary N) is 1. The Balaban J connectivity index is 0.00000161. The summed E-state index contributed by atoms with van der Waals surface area (Å²) in [5.41, 5.74) is 2.59. The van der Waals surface area contributed by atoms with Crippen LogP contribution in [0.5, 0.6) is 0 Å². The molecule has 0 unspecified atom stereocenters. The minimum absolute atomic E-state index is 0. The summed E-state index contributed by atoms with van der Waals surface area (Å²) in [6.07, 6.45) is 4.13. The van der Waals surface area contributed by atoms with Gasteiger partial charge in [0.2, 0.25) is 11.9 Å². The van der Waals surface area contributed by atoms with E-state index in [1.54, 1.807) is 24.9 Å². The number of nitrogens with zero attached hydrogens (tertiary/aromatic N) is 4. The van der Waals surface area contributed by atoms with Crippen LogP contribution < -0.4 is 5.32 Å². The second-order valence-electron chi connectivity index (χ2n) is 4.36. The third-order valence-corrected chi connectivity index (χ3v) is 4.23. The molecule has 0 spiro atoms. The van der Waals surface area contributed by atoms with Crippen LogP contribution in [0.1, 0.15) is 21.5 Å². The van der Waals surface area contributed by atoms with Gasteiger partial charge in [0.1, 0.15) is 0 Å². The first-order valence-corrected chi connectivity index (χ1v) is 7.03. The molecule has 108 valence electrons. The first-order chi connectivity index (χ1) is 9.66. The van der Waals surface area contributed by atoms with Crippen LogP contribution in [0.3, 0.4) is 0 Å². The monoisotopic (exact) mass is 470 g/mol. The molecule has 6 nitrogen and oxygen atoms in total. The summed E-state index contributed by atoms with van der Waals surface area (Å²) in [5, 5.41) is 13.6. The Kier molecular flexibility index (Phi) is 4.95. The van der Waals surface area contributed by atoms with Crippen molar-refractivity contribution in [3.05, 3.63) is 34.9 Å². The van der Waals surface area contributed by atoms with Crippen LogP contribution in [0.15, 0.2) is 17.0 Å². The summed E-state index contributed by atoms with van der Waals surface area (Å²) in [4.78, 5) is 13.4. The van der Waals surface area contributed by atoms with Gasteiger partial charge in [0.15, 0.2) is 0 Å². The standard InChI is InChI=1S/C13H12N5OS.W/c1-8-10(6-5-9-4-3-7-20-11(8)9)12(19)14-13-15-16-17-18(13)2;/h3-4,6H,7H2,1-2H3,(H,14,15,17,19);/q-1;. The van der Waals surface area contributed by atoms with E-state index in [-0.39, 0.29) is 27.0 Å². The van der Waals surface area contributed by atoms with Gasteiger partial charge in [-0.05, 0) is 21.7 Å². The van der Waals surface area contributed by atoms with Gasteiger partial charge in [-0.15, -0.1) is 35.4 Å². The zero-order chi connectivity index (χ0) is 14.1. The van der Waals surface area contributed by atoms with Crippen LogP contribution in [0.4, 0.5) is 5.95 Å². The van der Waals surface area contributed by atoms with Crippen LogP contribution in [0.25, 0.3) is 6.08 Å². The van der Waals surface area contributed by atoms with E-state index in [0.29, 0.717) is 11.5 Å². The van der Waals surface area contributed by atoms with E-state index < -0.39 is 0 Å². The summed E-state index contributed by atoms with van der Waals surface area (Å²) in [7, 11) is 1.67. The third-order valence-electron chi connectivity index (χ3n) is 3.06. The molecule has 0 fully saturated rings. The molecule has 8 heteroatoms. The van der Waals surface area contributed by atoms with Crippen LogP contribution in [-0.2, 0) is 28.1 Å². The van der Waals surface area contributed by atoms with Gasteiger partial charge in [0, 0.05) is 28.1 Å². The van der Waals surface area contributed by atoms with Crippen molar-refractivity contribution < 1.29 is 25.9 Å². The van der Waals surface area contributed by atoms with Crippen molar-refractivity contribution in [2.24, 2.45) is 7.05 Å². The first-order valence-electron chi connectivity index (χ1n) is 6.05. The molecule has 0 aliphatic carbocycles. The number of carbonyl (C=O) groups excluding carboxylic acids is 1. The number of anilines is 1. The molecule has 1 aliphatic heterocycles. The quantitative estimate of drug-likeness (QED) is 0.677. The zero-order valence-corrected chi connectivity index (χ0v) is 15.2. The molecule has 2 heterocycles. The summed E-state index contributed by atoms with van der Waals surface area (Å²) >= 11 is 1.71. The maximum absolute atomic E-state index is 12.3. The van der Waals surface area contributed by atoms with Crippen molar-refractivity contribution in [3.63, 3.8) is 0 Å². The van der Waals surface area contributed by atoms with E-state index in [4.69, 9.17) is 0 Å². The Bertz CT molecular complexity index is 713. The molecule has 1 aliphatic rings. The smallest absolute Gasteiger partial charge is 0.248 e. The number of aromatic nitrogens is 4. The average Bonchev–Trinajstić information content (AvgIpc) is 2.85. The molecule has 0 bridgehead atoms. The molecule has 0 radical (unpaired) electrons. The van der Waals surface area contributed by atoms with Crippen molar-refractivity contribution in [2.75, 3.05) is 11.1 Å². The molecule has 21 heavy (non-hydrogen) atoms. The SMILES string of the molecule is Cc1c(C(=O)Nc2nnnn2C)c[c-]c2c1SCC=C2.[W]. The number of rotatable bonds is 2. The van der Waals surface area contributed by atoms with Gasteiger partial charge in [-0.1, -0.05) is 16.9 Å². The molecule has 0 saturated heterocycles. The number of tetrazole rings is 1. The topological polar surface area (TPSA) is 72.7 Å². The van der Waals surface area contributed by atoms with E-state index >= 15 is 0 Å².